The molecule has 2 fully saturated rings. The first-order valence-electron chi connectivity index (χ1n) is 8.11. The fourth-order valence-corrected chi connectivity index (χ4v) is 2.44. The molecule has 3 amide bonds. The van der Waals surface area contributed by atoms with Crippen molar-refractivity contribution in [2.45, 2.75) is 6.92 Å². The molecule has 3 N–H and O–H groups in total. The van der Waals surface area contributed by atoms with Crippen LogP contribution in [-0.4, -0.2) is 93.3 Å². The number of morpholine rings is 1. The fourth-order valence-electron chi connectivity index (χ4n) is 2.44. The molecule has 0 aliphatic carbocycles. The maximum absolute atomic E-state index is 11.5. The van der Waals surface area contributed by atoms with E-state index in [4.69, 9.17) is 4.74 Å². The summed E-state index contributed by atoms with van der Waals surface area (Å²) in [6, 6.07) is -0.328. The number of guanidine groups is 1. The van der Waals surface area contributed by atoms with Crippen LogP contribution in [-0.2, 0) is 9.53 Å². The van der Waals surface area contributed by atoms with Crippen LogP contribution in [0.2, 0.25) is 0 Å². The molecule has 0 aromatic rings. The average Bonchev–Trinajstić information content (AvgIpc) is 2.88. The summed E-state index contributed by atoms with van der Waals surface area (Å²) >= 11 is 0. The lowest BCUT2D eigenvalue weighted by molar-refractivity contribution is -0.124. The molecule has 2 saturated heterocycles. The Morgan fingerprint density at radius 1 is 1.26 bits per heavy atom. The molecule has 2 aliphatic heterocycles. The zero-order valence-corrected chi connectivity index (χ0v) is 13.6. The number of carbonyl (C=O) groups is 2. The largest absolute Gasteiger partial charge is 0.379 e. The molecule has 9 heteroatoms. The summed E-state index contributed by atoms with van der Waals surface area (Å²) in [5.41, 5.74) is 0. The van der Waals surface area contributed by atoms with Gasteiger partial charge in [-0.1, -0.05) is 0 Å². The van der Waals surface area contributed by atoms with Gasteiger partial charge in [-0.15, -0.1) is 0 Å². The summed E-state index contributed by atoms with van der Waals surface area (Å²) in [6.45, 7) is 8.71. The van der Waals surface area contributed by atoms with Crippen LogP contribution >= 0.6 is 0 Å². The number of imide groups is 1. The molecule has 0 aromatic heterocycles. The molecular weight excluding hydrogens is 300 g/mol. The van der Waals surface area contributed by atoms with Gasteiger partial charge in [0.25, 0.3) is 0 Å². The standard InChI is InChI=1S/C14H26N6O3/c1-2-15-13(16-3-5-19-7-9-23-10-8-19)17-4-6-20-12(21)11-18-14(20)22/h2-11H2,1H3,(H,18,22)(H2,15,16,17). The van der Waals surface area contributed by atoms with E-state index in [-0.39, 0.29) is 18.5 Å². The van der Waals surface area contributed by atoms with E-state index in [9.17, 15) is 9.59 Å². The molecule has 2 heterocycles. The van der Waals surface area contributed by atoms with E-state index in [1.807, 2.05) is 6.92 Å². The van der Waals surface area contributed by atoms with Crippen molar-refractivity contribution >= 4 is 17.9 Å². The Kier molecular flexibility index (Phi) is 7.08. The Morgan fingerprint density at radius 2 is 2.04 bits per heavy atom. The quantitative estimate of drug-likeness (QED) is 0.297. The normalized spacial score (nSPS) is 19.9. The number of rotatable bonds is 7. The maximum atomic E-state index is 11.5. The first-order chi connectivity index (χ1) is 11.2. The molecule has 2 rings (SSSR count). The lowest BCUT2D eigenvalue weighted by Gasteiger charge is -2.25. The number of hydrogen-bond acceptors (Lipinski definition) is 5. The summed E-state index contributed by atoms with van der Waals surface area (Å²) in [4.78, 5) is 31.0. The minimum atomic E-state index is -0.328. The summed E-state index contributed by atoms with van der Waals surface area (Å²) in [6.07, 6.45) is 0. The molecular formula is C14H26N6O3. The third kappa shape index (κ3) is 5.68. The molecule has 0 bridgehead atoms. The lowest BCUT2D eigenvalue weighted by Crippen LogP contribution is -2.43. The van der Waals surface area contributed by atoms with Gasteiger partial charge in [0.15, 0.2) is 5.96 Å². The van der Waals surface area contributed by atoms with Crippen molar-refractivity contribution in [1.29, 1.82) is 0 Å². The fraction of sp³-hybridized carbons (Fsp3) is 0.786. The van der Waals surface area contributed by atoms with E-state index in [1.165, 1.54) is 4.90 Å². The zero-order valence-electron chi connectivity index (χ0n) is 13.6. The molecule has 2 aliphatic rings. The first-order valence-corrected chi connectivity index (χ1v) is 8.11. The smallest absolute Gasteiger partial charge is 0.324 e. The molecule has 0 atom stereocenters. The number of nitrogens with zero attached hydrogens (tertiary/aromatic N) is 3. The number of amides is 3. The first kappa shape index (κ1) is 17.5. The van der Waals surface area contributed by atoms with Crippen molar-refractivity contribution in [1.82, 2.24) is 25.8 Å². The SMILES string of the molecule is CCNC(=NCCN1CCOCC1)NCCN1C(=O)CNC1=O. The molecule has 0 radical (unpaired) electrons. The number of hydrogen-bond donors (Lipinski definition) is 3. The number of urea groups is 1. The summed E-state index contributed by atoms with van der Waals surface area (Å²) in [5.74, 6) is 0.513. The van der Waals surface area contributed by atoms with Crippen LogP contribution in [0.5, 0.6) is 0 Å². The molecule has 9 nitrogen and oxygen atoms in total. The van der Waals surface area contributed by atoms with Gasteiger partial charge in [0.2, 0.25) is 5.91 Å². The van der Waals surface area contributed by atoms with Crippen LogP contribution in [0.1, 0.15) is 6.92 Å². The molecule has 130 valence electrons. The zero-order chi connectivity index (χ0) is 16.5. The minimum absolute atomic E-state index is 0.0898. The Bertz CT molecular complexity index is 420. The highest BCUT2D eigenvalue weighted by atomic mass is 16.5. The van der Waals surface area contributed by atoms with Crippen molar-refractivity contribution in [3.05, 3.63) is 0 Å². The second kappa shape index (κ2) is 9.31. The Labute approximate surface area is 136 Å². The van der Waals surface area contributed by atoms with Gasteiger partial charge in [-0.3, -0.25) is 19.6 Å². The van der Waals surface area contributed by atoms with Gasteiger partial charge in [0.05, 0.1) is 26.3 Å². The van der Waals surface area contributed by atoms with Gasteiger partial charge >= 0.3 is 6.03 Å². The van der Waals surface area contributed by atoms with Crippen LogP contribution in [0.3, 0.4) is 0 Å². The van der Waals surface area contributed by atoms with Gasteiger partial charge in [-0.25, -0.2) is 4.79 Å². The predicted octanol–water partition coefficient (Wildman–Crippen LogP) is -1.57. The summed E-state index contributed by atoms with van der Waals surface area (Å²) < 4.78 is 5.32. The summed E-state index contributed by atoms with van der Waals surface area (Å²) in [7, 11) is 0. The van der Waals surface area contributed by atoms with Crippen LogP contribution < -0.4 is 16.0 Å². The van der Waals surface area contributed by atoms with Crippen molar-refractivity contribution in [3.8, 4) is 0 Å². The van der Waals surface area contributed by atoms with Gasteiger partial charge in [-0.05, 0) is 6.92 Å². The highest BCUT2D eigenvalue weighted by molar-refractivity contribution is 6.01. The van der Waals surface area contributed by atoms with E-state index < -0.39 is 0 Å². The van der Waals surface area contributed by atoms with Crippen molar-refractivity contribution in [3.63, 3.8) is 0 Å². The number of carbonyl (C=O) groups excluding carboxylic acids is 2. The summed E-state index contributed by atoms with van der Waals surface area (Å²) in [5, 5.41) is 8.81. The molecule has 0 spiro atoms. The Hall–Kier alpha value is -1.87. The number of ether oxygens (including phenoxy) is 1. The third-order valence-corrected chi connectivity index (χ3v) is 3.70. The van der Waals surface area contributed by atoms with Crippen LogP contribution in [0, 0.1) is 0 Å². The van der Waals surface area contributed by atoms with Crippen molar-refractivity contribution < 1.29 is 14.3 Å². The van der Waals surface area contributed by atoms with Crippen LogP contribution in [0.15, 0.2) is 4.99 Å². The van der Waals surface area contributed by atoms with Crippen molar-refractivity contribution in [2.24, 2.45) is 4.99 Å². The molecule has 0 unspecified atom stereocenters. The second-order valence-electron chi connectivity index (χ2n) is 5.35. The van der Waals surface area contributed by atoms with Crippen molar-refractivity contribution in [2.75, 3.05) is 65.6 Å². The van der Waals surface area contributed by atoms with E-state index in [1.54, 1.807) is 0 Å². The second-order valence-corrected chi connectivity index (χ2v) is 5.35. The van der Waals surface area contributed by atoms with Gasteiger partial charge in [-0.2, -0.15) is 0 Å². The van der Waals surface area contributed by atoms with E-state index >= 15 is 0 Å². The average molecular weight is 326 g/mol. The maximum Gasteiger partial charge on any atom is 0.324 e. The van der Waals surface area contributed by atoms with Gasteiger partial charge in [0.1, 0.15) is 0 Å². The minimum Gasteiger partial charge on any atom is -0.379 e. The van der Waals surface area contributed by atoms with E-state index in [0.717, 1.165) is 39.4 Å². The van der Waals surface area contributed by atoms with Gasteiger partial charge < -0.3 is 20.7 Å². The third-order valence-electron chi connectivity index (χ3n) is 3.70. The Balaban J connectivity index is 1.70. The lowest BCUT2D eigenvalue weighted by atomic mass is 10.4. The van der Waals surface area contributed by atoms with Gasteiger partial charge in [0, 0.05) is 39.3 Å². The monoisotopic (exact) mass is 326 g/mol. The van der Waals surface area contributed by atoms with E-state index in [2.05, 4.69) is 25.8 Å². The highest BCUT2D eigenvalue weighted by Crippen LogP contribution is 1.97. The number of nitrogens with one attached hydrogen (secondary N) is 3. The topological polar surface area (TPSA) is 98.3 Å². The molecule has 0 aromatic carbocycles. The number of aliphatic imine (C=N–C) groups is 1. The Morgan fingerprint density at radius 3 is 2.70 bits per heavy atom. The highest BCUT2D eigenvalue weighted by Gasteiger charge is 2.27. The van der Waals surface area contributed by atoms with Crippen LogP contribution in [0.4, 0.5) is 4.79 Å². The molecule has 0 saturated carbocycles. The van der Waals surface area contributed by atoms with Crippen LogP contribution in [0.25, 0.3) is 0 Å². The molecule has 23 heavy (non-hydrogen) atoms. The predicted molar refractivity (Wildman–Crippen MR) is 86.4 cm³/mol. The van der Waals surface area contributed by atoms with E-state index in [0.29, 0.717) is 25.6 Å².